The molecule has 16 heavy (non-hydrogen) atoms. The molecule has 0 aromatic carbocycles. The molecule has 0 unspecified atom stereocenters. The summed E-state index contributed by atoms with van der Waals surface area (Å²) in [5.41, 5.74) is 5.63. The summed E-state index contributed by atoms with van der Waals surface area (Å²) in [6, 6.07) is 3.71. The van der Waals surface area contributed by atoms with Crippen LogP contribution in [0.5, 0.6) is 0 Å². The van der Waals surface area contributed by atoms with E-state index in [1.54, 1.807) is 7.11 Å². The van der Waals surface area contributed by atoms with Gasteiger partial charge >= 0.3 is 0 Å². The van der Waals surface area contributed by atoms with E-state index in [1.165, 1.54) is 11.3 Å². The number of methoxy groups -OCH3 is 1. The minimum Gasteiger partial charge on any atom is -0.391 e. The van der Waals surface area contributed by atoms with Crippen LogP contribution in [0, 0.1) is 0 Å². The Balaban J connectivity index is 2.02. The normalized spacial score (nSPS) is 10.8. The molecule has 2 N–H and O–H groups in total. The predicted molar refractivity (Wildman–Crippen MR) is 62.2 cm³/mol. The minimum absolute atomic E-state index is 0.536. The summed E-state index contributed by atoms with van der Waals surface area (Å²) in [4.78, 5) is 5.19. The van der Waals surface area contributed by atoms with Crippen LogP contribution in [0.3, 0.4) is 0 Å². The van der Waals surface area contributed by atoms with Gasteiger partial charge in [-0.05, 0) is 18.6 Å². The van der Waals surface area contributed by atoms with E-state index in [4.69, 9.17) is 15.0 Å². The first-order valence-corrected chi connectivity index (χ1v) is 5.78. The van der Waals surface area contributed by atoms with Crippen LogP contribution < -0.4 is 5.73 Å². The third-order valence-corrected chi connectivity index (χ3v) is 2.96. The van der Waals surface area contributed by atoms with E-state index in [1.807, 2.05) is 12.1 Å². The van der Waals surface area contributed by atoms with Crippen molar-refractivity contribution in [1.82, 2.24) is 10.1 Å². The van der Waals surface area contributed by atoms with Crippen molar-refractivity contribution in [2.45, 2.75) is 12.8 Å². The molecule has 0 fully saturated rings. The second-order valence-corrected chi connectivity index (χ2v) is 4.43. The van der Waals surface area contributed by atoms with E-state index in [0.717, 1.165) is 22.7 Å². The third-order valence-electron chi connectivity index (χ3n) is 2.05. The maximum absolute atomic E-state index is 5.63. The van der Waals surface area contributed by atoms with Crippen molar-refractivity contribution in [1.29, 1.82) is 0 Å². The number of aryl methyl sites for hydroxylation is 1. The molecule has 0 saturated heterocycles. The molecule has 6 heteroatoms. The molecule has 0 radical (unpaired) electrons. The van der Waals surface area contributed by atoms with Crippen LogP contribution in [0.4, 0.5) is 5.00 Å². The number of ether oxygens (including phenoxy) is 1. The van der Waals surface area contributed by atoms with Crippen molar-refractivity contribution in [2.75, 3.05) is 19.5 Å². The highest BCUT2D eigenvalue weighted by atomic mass is 32.1. The van der Waals surface area contributed by atoms with Gasteiger partial charge in [0.1, 0.15) is 0 Å². The molecule has 0 amide bonds. The summed E-state index contributed by atoms with van der Waals surface area (Å²) < 4.78 is 10.1. The van der Waals surface area contributed by atoms with Gasteiger partial charge < -0.3 is 15.0 Å². The molecule has 0 atom stereocenters. The molecule has 2 aromatic rings. The van der Waals surface area contributed by atoms with E-state index in [2.05, 4.69) is 10.1 Å². The molecular weight excluding hydrogens is 226 g/mol. The Morgan fingerprint density at radius 3 is 3.06 bits per heavy atom. The zero-order valence-corrected chi connectivity index (χ0v) is 9.79. The summed E-state index contributed by atoms with van der Waals surface area (Å²) in [7, 11) is 1.68. The van der Waals surface area contributed by atoms with E-state index in [0.29, 0.717) is 18.3 Å². The van der Waals surface area contributed by atoms with Crippen LogP contribution >= 0.6 is 11.3 Å². The lowest BCUT2D eigenvalue weighted by molar-refractivity contribution is 0.194. The van der Waals surface area contributed by atoms with Crippen molar-refractivity contribution in [3.05, 3.63) is 18.0 Å². The second-order valence-electron chi connectivity index (χ2n) is 3.31. The Labute approximate surface area is 97.2 Å². The summed E-state index contributed by atoms with van der Waals surface area (Å²) in [6.07, 6.45) is 1.65. The van der Waals surface area contributed by atoms with E-state index in [9.17, 15) is 0 Å². The fraction of sp³-hybridized carbons (Fsp3) is 0.400. The molecule has 0 bridgehead atoms. The smallest absolute Gasteiger partial charge is 0.268 e. The van der Waals surface area contributed by atoms with Gasteiger partial charge in [-0.2, -0.15) is 4.98 Å². The first kappa shape index (κ1) is 11.1. The van der Waals surface area contributed by atoms with E-state index < -0.39 is 0 Å². The highest BCUT2D eigenvalue weighted by Gasteiger charge is 2.10. The van der Waals surface area contributed by atoms with Crippen molar-refractivity contribution in [2.24, 2.45) is 0 Å². The molecule has 2 heterocycles. The van der Waals surface area contributed by atoms with Crippen LogP contribution in [-0.4, -0.2) is 23.9 Å². The number of rotatable bonds is 5. The molecule has 2 rings (SSSR count). The van der Waals surface area contributed by atoms with Crippen LogP contribution in [0.25, 0.3) is 10.8 Å². The average Bonchev–Trinajstić information content (AvgIpc) is 2.87. The number of aromatic nitrogens is 2. The maximum atomic E-state index is 5.63. The molecule has 0 spiro atoms. The van der Waals surface area contributed by atoms with Crippen LogP contribution in [0.15, 0.2) is 16.7 Å². The highest BCUT2D eigenvalue weighted by molar-refractivity contribution is 7.19. The summed E-state index contributed by atoms with van der Waals surface area (Å²) in [6.45, 7) is 0.704. The van der Waals surface area contributed by atoms with Gasteiger partial charge in [0, 0.05) is 20.1 Å². The lowest BCUT2D eigenvalue weighted by Gasteiger charge is -1.92. The first-order chi connectivity index (χ1) is 7.79. The Bertz CT molecular complexity index is 452. The lowest BCUT2D eigenvalue weighted by Crippen LogP contribution is -1.94. The van der Waals surface area contributed by atoms with Crippen molar-refractivity contribution >= 4 is 16.3 Å². The number of nitrogens with zero attached hydrogens (tertiary/aromatic N) is 2. The largest absolute Gasteiger partial charge is 0.391 e. The Morgan fingerprint density at radius 2 is 2.38 bits per heavy atom. The number of hydrogen-bond donors (Lipinski definition) is 1. The predicted octanol–water partition coefficient (Wildman–Crippen LogP) is 1.96. The monoisotopic (exact) mass is 239 g/mol. The topological polar surface area (TPSA) is 74.2 Å². The molecular formula is C10H13N3O2S. The first-order valence-electron chi connectivity index (χ1n) is 4.97. The molecule has 0 aliphatic heterocycles. The van der Waals surface area contributed by atoms with Crippen molar-refractivity contribution in [3.8, 4) is 10.8 Å². The SMILES string of the molecule is COCCCc1noc(-c2ccc(N)s2)n1. The number of thiophene rings is 1. The average molecular weight is 239 g/mol. The van der Waals surface area contributed by atoms with Crippen LogP contribution in [-0.2, 0) is 11.2 Å². The maximum Gasteiger partial charge on any atom is 0.268 e. The number of hydrogen-bond acceptors (Lipinski definition) is 6. The third kappa shape index (κ3) is 2.59. The zero-order chi connectivity index (χ0) is 11.4. The van der Waals surface area contributed by atoms with Gasteiger partial charge in [0.2, 0.25) is 0 Å². The quantitative estimate of drug-likeness (QED) is 0.807. The Kier molecular flexibility index (Phi) is 3.53. The zero-order valence-electron chi connectivity index (χ0n) is 8.97. The molecule has 86 valence electrons. The Morgan fingerprint density at radius 1 is 1.50 bits per heavy atom. The van der Waals surface area contributed by atoms with Gasteiger partial charge in [0.25, 0.3) is 5.89 Å². The van der Waals surface area contributed by atoms with Crippen LogP contribution in [0.2, 0.25) is 0 Å². The molecule has 0 aliphatic carbocycles. The summed E-state index contributed by atoms with van der Waals surface area (Å²) >= 11 is 1.44. The number of nitrogen functional groups attached to an aromatic ring is 1. The Hall–Kier alpha value is -1.40. The van der Waals surface area contributed by atoms with Gasteiger partial charge in [-0.15, -0.1) is 11.3 Å². The van der Waals surface area contributed by atoms with Gasteiger partial charge in [0.05, 0.1) is 9.88 Å². The standard InChI is InChI=1S/C10H13N3O2S/c1-14-6-2-3-9-12-10(15-13-9)7-4-5-8(11)16-7/h4-5H,2-3,6,11H2,1H3. The van der Waals surface area contributed by atoms with Gasteiger partial charge in [-0.3, -0.25) is 0 Å². The van der Waals surface area contributed by atoms with Crippen molar-refractivity contribution in [3.63, 3.8) is 0 Å². The summed E-state index contributed by atoms with van der Waals surface area (Å²) in [5.74, 6) is 1.24. The van der Waals surface area contributed by atoms with Crippen molar-refractivity contribution < 1.29 is 9.26 Å². The fourth-order valence-corrected chi connectivity index (χ4v) is 1.99. The number of nitrogens with two attached hydrogens (primary N) is 1. The van der Waals surface area contributed by atoms with E-state index in [-0.39, 0.29) is 0 Å². The highest BCUT2D eigenvalue weighted by Crippen LogP contribution is 2.28. The molecule has 5 nitrogen and oxygen atoms in total. The lowest BCUT2D eigenvalue weighted by atomic mass is 10.3. The summed E-state index contributed by atoms with van der Waals surface area (Å²) in [5, 5.41) is 4.64. The molecule has 2 aromatic heterocycles. The van der Waals surface area contributed by atoms with Crippen LogP contribution in [0.1, 0.15) is 12.2 Å². The number of anilines is 1. The van der Waals surface area contributed by atoms with E-state index >= 15 is 0 Å². The molecule has 0 aliphatic rings. The van der Waals surface area contributed by atoms with Gasteiger partial charge in [-0.25, -0.2) is 0 Å². The fourth-order valence-electron chi connectivity index (χ4n) is 1.30. The van der Waals surface area contributed by atoms with Gasteiger partial charge in [0.15, 0.2) is 5.82 Å². The molecule has 0 saturated carbocycles. The minimum atomic E-state index is 0.536. The van der Waals surface area contributed by atoms with Gasteiger partial charge in [-0.1, -0.05) is 5.16 Å². The second kappa shape index (κ2) is 5.09.